The number of aromatic nitrogens is 1. The zero-order valence-corrected chi connectivity index (χ0v) is 11.8. The van der Waals surface area contributed by atoms with Gasteiger partial charge in [-0.05, 0) is 24.6 Å². The van der Waals surface area contributed by atoms with E-state index in [0.717, 1.165) is 29.5 Å². The molecule has 1 aromatic carbocycles. The molecule has 0 aliphatic carbocycles. The van der Waals surface area contributed by atoms with Crippen molar-refractivity contribution in [2.75, 3.05) is 13.1 Å². The molecule has 18 heavy (non-hydrogen) atoms. The molecular formula is C14H15ClN2S. The Balaban J connectivity index is 1.90. The number of thiazole rings is 1. The average Bonchev–Trinajstić information content (AvgIpc) is 2.69. The molecule has 2 nitrogen and oxygen atoms in total. The fraction of sp³-hybridized carbons (Fsp3) is 0.357. The number of hydrogen-bond donors (Lipinski definition) is 1. The molecule has 0 amide bonds. The van der Waals surface area contributed by atoms with Crippen LogP contribution in [0.1, 0.15) is 16.3 Å². The van der Waals surface area contributed by atoms with Crippen molar-refractivity contribution in [2.24, 2.45) is 0 Å². The van der Waals surface area contributed by atoms with Gasteiger partial charge in [-0.3, -0.25) is 0 Å². The smallest absolute Gasteiger partial charge is 0.0897 e. The van der Waals surface area contributed by atoms with E-state index < -0.39 is 0 Å². The van der Waals surface area contributed by atoms with Gasteiger partial charge in [-0.2, -0.15) is 0 Å². The van der Waals surface area contributed by atoms with E-state index in [4.69, 9.17) is 11.6 Å². The van der Waals surface area contributed by atoms with Crippen molar-refractivity contribution in [3.8, 4) is 0 Å². The third-order valence-corrected chi connectivity index (χ3v) is 4.61. The predicted molar refractivity (Wildman–Crippen MR) is 76.6 cm³/mol. The standard InChI is InChI=1S/C14H15ClN2S/c1-10-17-13(7-18-10)6-14(8-16-9-14)11-3-2-4-12(15)5-11/h2-5,7,16H,6,8-9H2,1H3. The van der Waals surface area contributed by atoms with Crippen LogP contribution in [0.25, 0.3) is 0 Å². The summed E-state index contributed by atoms with van der Waals surface area (Å²) < 4.78 is 0. The van der Waals surface area contributed by atoms with Crippen molar-refractivity contribution >= 4 is 22.9 Å². The van der Waals surface area contributed by atoms with Gasteiger partial charge in [-0.25, -0.2) is 4.98 Å². The molecule has 4 heteroatoms. The van der Waals surface area contributed by atoms with Crippen LogP contribution >= 0.6 is 22.9 Å². The summed E-state index contributed by atoms with van der Waals surface area (Å²) in [5, 5.41) is 7.50. The molecule has 1 aliphatic heterocycles. The van der Waals surface area contributed by atoms with Gasteiger partial charge in [-0.1, -0.05) is 23.7 Å². The number of hydrogen-bond acceptors (Lipinski definition) is 3. The number of benzene rings is 1. The van der Waals surface area contributed by atoms with E-state index in [9.17, 15) is 0 Å². The predicted octanol–water partition coefficient (Wildman–Crippen LogP) is 3.19. The lowest BCUT2D eigenvalue weighted by atomic mass is 9.72. The van der Waals surface area contributed by atoms with Gasteiger partial charge in [0.1, 0.15) is 0 Å². The zero-order chi connectivity index (χ0) is 12.6. The Morgan fingerprint density at radius 3 is 2.83 bits per heavy atom. The first-order valence-corrected chi connectivity index (χ1v) is 7.32. The summed E-state index contributed by atoms with van der Waals surface area (Å²) >= 11 is 7.83. The second-order valence-corrected chi connectivity index (χ2v) is 6.43. The number of rotatable bonds is 3. The van der Waals surface area contributed by atoms with Gasteiger partial charge in [0, 0.05) is 35.3 Å². The maximum absolute atomic E-state index is 6.11. The Morgan fingerprint density at radius 1 is 1.44 bits per heavy atom. The molecule has 0 radical (unpaired) electrons. The molecule has 3 rings (SSSR count). The van der Waals surface area contributed by atoms with Crippen LogP contribution in [0, 0.1) is 6.92 Å². The van der Waals surface area contributed by atoms with Crippen LogP contribution in [-0.4, -0.2) is 18.1 Å². The van der Waals surface area contributed by atoms with Crippen LogP contribution in [0.2, 0.25) is 5.02 Å². The molecule has 1 saturated heterocycles. The second kappa shape index (κ2) is 4.65. The van der Waals surface area contributed by atoms with Gasteiger partial charge in [-0.15, -0.1) is 11.3 Å². The van der Waals surface area contributed by atoms with Crippen molar-refractivity contribution in [1.29, 1.82) is 0 Å². The largest absolute Gasteiger partial charge is 0.315 e. The third kappa shape index (κ3) is 2.18. The maximum Gasteiger partial charge on any atom is 0.0897 e. The highest BCUT2D eigenvalue weighted by molar-refractivity contribution is 7.09. The summed E-state index contributed by atoms with van der Waals surface area (Å²) in [5.41, 5.74) is 2.68. The van der Waals surface area contributed by atoms with Crippen LogP contribution in [0.4, 0.5) is 0 Å². The van der Waals surface area contributed by atoms with Gasteiger partial charge in [0.2, 0.25) is 0 Å². The first kappa shape index (κ1) is 12.2. The molecule has 0 saturated carbocycles. The van der Waals surface area contributed by atoms with E-state index in [1.165, 1.54) is 11.3 Å². The Bertz CT molecular complexity index is 560. The molecule has 1 aromatic heterocycles. The van der Waals surface area contributed by atoms with E-state index in [1.807, 2.05) is 12.1 Å². The zero-order valence-electron chi connectivity index (χ0n) is 10.2. The van der Waals surface area contributed by atoms with E-state index in [2.05, 4.69) is 34.7 Å². The second-order valence-electron chi connectivity index (χ2n) is 4.93. The van der Waals surface area contributed by atoms with Crippen LogP contribution in [0.15, 0.2) is 29.6 Å². The minimum Gasteiger partial charge on any atom is -0.315 e. The topological polar surface area (TPSA) is 24.9 Å². The molecule has 1 aliphatic rings. The van der Waals surface area contributed by atoms with Crippen LogP contribution < -0.4 is 5.32 Å². The molecule has 94 valence electrons. The Morgan fingerprint density at radius 2 is 2.28 bits per heavy atom. The number of nitrogens with one attached hydrogen (secondary N) is 1. The number of aryl methyl sites for hydroxylation is 1. The maximum atomic E-state index is 6.11. The van der Waals surface area contributed by atoms with Gasteiger partial charge in [0.05, 0.1) is 10.7 Å². The number of halogens is 1. The van der Waals surface area contributed by atoms with Crippen molar-refractivity contribution in [3.05, 3.63) is 50.9 Å². The number of nitrogens with zero attached hydrogens (tertiary/aromatic N) is 1. The summed E-state index contributed by atoms with van der Waals surface area (Å²) in [6.45, 7) is 4.06. The summed E-state index contributed by atoms with van der Waals surface area (Å²) in [6.07, 6.45) is 0.991. The highest BCUT2D eigenvalue weighted by Crippen LogP contribution is 2.33. The van der Waals surface area contributed by atoms with E-state index in [0.29, 0.717) is 0 Å². The van der Waals surface area contributed by atoms with Crippen LogP contribution in [-0.2, 0) is 11.8 Å². The first-order chi connectivity index (χ1) is 8.68. The van der Waals surface area contributed by atoms with Crippen molar-refractivity contribution < 1.29 is 0 Å². The van der Waals surface area contributed by atoms with Crippen molar-refractivity contribution in [1.82, 2.24) is 10.3 Å². The summed E-state index contributed by atoms with van der Waals surface area (Å²) in [6, 6.07) is 8.22. The molecule has 0 bridgehead atoms. The van der Waals surface area contributed by atoms with Gasteiger partial charge in [0.15, 0.2) is 0 Å². The van der Waals surface area contributed by atoms with Gasteiger partial charge < -0.3 is 5.32 Å². The highest BCUT2D eigenvalue weighted by atomic mass is 35.5. The summed E-state index contributed by atoms with van der Waals surface area (Å²) in [5.74, 6) is 0. The summed E-state index contributed by atoms with van der Waals surface area (Å²) in [7, 11) is 0. The van der Waals surface area contributed by atoms with Crippen LogP contribution in [0.5, 0.6) is 0 Å². The fourth-order valence-electron chi connectivity index (χ4n) is 2.51. The molecule has 1 N–H and O–H groups in total. The lowest BCUT2D eigenvalue weighted by Gasteiger charge is -2.43. The Labute approximate surface area is 116 Å². The minimum absolute atomic E-state index is 0.172. The van der Waals surface area contributed by atoms with Crippen molar-refractivity contribution in [2.45, 2.75) is 18.8 Å². The van der Waals surface area contributed by atoms with E-state index >= 15 is 0 Å². The molecule has 1 fully saturated rings. The monoisotopic (exact) mass is 278 g/mol. The fourth-order valence-corrected chi connectivity index (χ4v) is 3.32. The normalized spacial score (nSPS) is 17.4. The lowest BCUT2D eigenvalue weighted by Crippen LogP contribution is -2.58. The lowest BCUT2D eigenvalue weighted by molar-refractivity contribution is 0.273. The molecule has 2 heterocycles. The summed E-state index contributed by atoms with van der Waals surface area (Å²) in [4.78, 5) is 4.58. The average molecular weight is 279 g/mol. The Hall–Kier alpha value is -0.900. The SMILES string of the molecule is Cc1nc(CC2(c3cccc(Cl)c3)CNC2)cs1. The highest BCUT2D eigenvalue weighted by Gasteiger charge is 2.39. The van der Waals surface area contributed by atoms with Gasteiger partial charge >= 0.3 is 0 Å². The van der Waals surface area contributed by atoms with Gasteiger partial charge in [0.25, 0.3) is 0 Å². The molecule has 2 aromatic rings. The van der Waals surface area contributed by atoms with E-state index in [1.54, 1.807) is 11.3 Å². The first-order valence-electron chi connectivity index (χ1n) is 6.06. The third-order valence-electron chi connectivity index (χ3n) is 3.55. The Kier molecular flexibility index (Phi) is 3.14. The molecular weight excluding hydrogens is 264 g/mol. The molecule has 0 unspecified atom stereocenters. The molecule has 0 spiro atoms. The molecule has 0 atom stereocenters. The van der Waals surface area contributed by atoms with Crippen LogP contribution in [0.3, 0.4) is 0 Å². The minimum atomic E-state index is 0.172. The van der Waals surface area contributed by atoms with E-state index in [-0.39, 0.29) is 5.41 Å². The quantitative estimate of drug-likeness (QED) is 0.933. The van der Waals surface area contributed by atoms with Crippen molar-refractivity contribution in [3.63, 3.8) is 0 Å².